The van der Waals surface area contributed by atoms with Crippen molar-refractivity contribution >= 4 is 11.7 Å². The number of rotatable bonds is 7. The lowest BCUT2D eigenvalue weighted by Crippen LogP contribution is -2.47. The topological polar surface area (TPSA) is 64.6 Å². The minimum atomic E-state index is -0.0294. The lowest BCUT2D eigenvalue weighted by atomic mass is 9.49. The first kappa shape index (κ1) is 19.0. The first-order chi connectivity index (χ1) is 14.1. The zero-order chi connectivity index (χ0) is 19.8. The van der Waals surface area contributed by atoms with Crippen LogP contribution in [0.3, 0.4) is 0 Å². The first-order valence-corrected chi connectivity index (χ1v) is 11.3. The van der Waals surface area contributed by atoms with Crippen molar-refractivity contribution in [2.24, 2.45) is 23.2 Å². The van der Waals surface area contributed by atoms with Crippen LogP contribution in [0.2, 0.25) is 0 Å². The summed E-state index contributed by atoms with van der Waals surface area (Å²) in [5.41, 5.74) is 1.07. The molecule has 0 aromatic heterocycles. The third kappa shape index (κ3) is 4.01. The van der Waals surface area contributed by atoms with E-state index in [0.717, 1.165) is 30.7 Å². The molecule has 1 aromatic carbocycles. The Kier molecular flexibility index (Phi) is 5.00. The summed E-state index contributed by atoms with van der Waals surface area (Å²) >= 11 is 0. The fourth-order valence-electron chi connectivity index (χ4n) is 6.74. The van der Waals surface area contributed by atoms with Crippen LogP contribution < -0.4 is 14.8 Å². The SMILES string of the molecule is O=C(CCC(=O)c1ccc2c(c1)OCCO2)NCCC12CC3CC(CC(C3)C1)C2. The molecule has 5 nitrogen and oxygen atoms in total. The number of amides is 1. The maximum Gasteiger partial charge on any atom is 0.220 e. The van der Waals surface area contributed by atoms with Crippen molar-refractivity contribution in [1.82, 2.24) is 5.32 Å². The molecule has 1 aliphatic heterocycles. The minimum Gasteiger partial charge on any atom is -0.486 e. The van der Waals surface area contributed by atoms with Crippen molar-refractivity contribution < 1.29 is 19.1 Å². The number of ether oxygens (including phenoxy) is 2. The highest BCUT2D eigenvalue weighted by molar-refractivity contribution is 5.98. The van der Waals surface area contributed by atoms with Gasteiger partial charge >= 0.3 is 0 Å². The van der Waals surface area contributed by atoms with Crippen molar-refractivity contribution in [3.05, 3.63) is 23.8 Å². The molecule has 156 valence electrons. The van der Waals surface area contributed by atoms with Gasteiger partial charge in [0.2, 0.25) is 5.91 Å². The fraction of sp³-hybridized carbons (Fsp3) is 0.667. The molecule has 5 heteroatoms. The highest BCUT2D eigenvalue weighted by Crippen LogP contribution is 2.61. The second-order valence-electron chi connectivity index (χ2n) is 9.80. The molecule has 6 rings (SSSR count). The number of nitrogens with one attached hydrogen (secondary N) is 1. The van der Waals surface area contributed by atoms with E-state index in [-0.39, 0.29) is 24.5 Å². The van der Waals surface area contributed by atoms with Gasteiger partial charge in [-0.15, -0.1) is 0 Å². The Hall–Kier alpha value is -2.04. The molecule has 0 unspecified atom stereocenters. The van der Waals surface area contributed by atoms with Crippen LogP contribution in [-0.2, 0) is 4.79 Å². The van der Waals surface area contributed by atoms with Gasteiger partial charge in [0.1, 0.15) is 13.2 Å². The smallest absolute Gasteiger partial charge is 0.220 e. The predicted molar refractivity (Wildman–Crippen MR) is 109 cm³/mol. The molecule has 0 radical (unpaired) electrons. The van der Waals surface area contributed by atoms with Crippen molar-refractivity contribution in [2.75, 3.05) is 19.8 Å². The second-order valence-corrected chi connectivity index (χ2v) is 9.80. The van der Waals surface area contributed by atoms with Crippen molar-refractivity contribution in [3.8, 4) is 11.5 Å². The lowest BCUT2D eigenvalue weighted by Gasteiger charge is -2.57. The number of Topliss-reactive ketones (excluding diaryl/α,β-unsaturated/α-hetero) is 1. The van der Waals surface area contributed by atoms with Crippen molar-refractivity contribution in [3.63, 3.8) is 0 Å². The van der Waals surface area contributed by atoms with Gasteiger partial charge in [-0.3, -0.25) is 9.59 Å². The van der Waals surface area contributed by atoms with Crippen LogP contribution in [0.25, 0.3) is 0 Å². The van der Waals surface area contributed by atoms with Crippen LogP contribution in [0.15, 0.2) is 18.2 Å². The van der Waals surface area contributed by atoms with Crippen molar-refractivity contribution in [1.29, 1.82) is 0 Å². The van der Waals surface area contributed by atoms with Gasteiger partial charge in [-0.05, 0) is 86.3 Å². The summed E-state index contributed by atoms with van der Waals surface area (Å²) in [6, 6.07) is 5.25. The summed E-state index contributed by atoms with van der Waals surface area (Å²) in [6.45, 7) is 1.78. The molecular weight excluding hydrogens is 366 g/mol. The van der Waals surface area contributed by atoms with E-state index in [0.29, 0.717) is 35.7 Å². The predicted octanol–water partition coefficient (Wildman–Crippen LogP) is 4.14. The van der Waals surface area contributed by atoms with E-state index in [1.54, 1.807) is 18.2 Å². The Labute approximate surface area is 172 Å². The molecule has 4 saturated carbocycles. The van der Waals surface area contributed by atoms with E-state index in [1.165, 1.54) is 38.5 Å². The minimum absolute atomic E-state index is 0.0133. The zero-order valence-electron chi connectivity index (χ0n) is 17.1. The summed E-state index contributed by atoms with van der Waals surface area (Å²) in [7, 11) is 0. The van der Waals surface area contributed by atoms with Crippen LogP contribution >= 0.6 is 0 Å². The number of carbonyl (C=O) groups is 2. The summed E-state index contributed by atoms with van der Waals surface area (Å²) in [5, 5.41) is 3.08. The van der Waals surface area contributed by atoms with Crippen LogP contribution in [0.1, 0.15) is 68.1 Å². The maximum absolute atomic E-state index is 12.5. The average Bonchev–Trinajstić information content (AvgIpc) is 2.70. The maximum atomic E-state index is 12.5. The summed E-state index contributed by atoms with van der Waals surface area (Å²) < 4.78 is 11.0. The fourth-order valence-corrected chi connectivity index (χ4v) is 6.74. The summed E-state index contributed by atoms with van der Waals surface area (Å²) in [6.07, 6.45) is 10.1. The van der Waals surface area contributed by atoms with E-state index in [2.05, 4.69) is 5.32 Å². The Morgan fingerprint density at radius 3 is 2.28 bits per heavy atom. The Bertz CT molecular complexity index is 767. The van der Waals surface area contributed by atoms with Gasteiger partial charge in [-0.25, -0.2) is 0 Å². The monoisotopic (exact) mass is 397 g/mol. The standard InChI is InChI=1S/C24H31NO4/c26-20(19-1-3-21-22(12-19)29-8-7-28-21)2-4-23(27)25-6-5-24-13-16-9-17(14-24)11-18(10-16)15-24/h1,3,12,16-18H,2,4-11,13-15H2,(H,25,27). The van der Waals surface area contributed by atoms with Crippen LogP contribution in [-0.4, -0.2) is 31.4 Å². The van der Waals surface area contributed by atoms with Gasteiger partial charge < -0.3 is 14.8 Å². The number of carbonyl (C=O) groups excluding carboxylic acids is 2. The van der Waals surface area contributed by atoms with Gasteiger partial charge in [0.15, 0.2) is 17.3 Å². The Morgan fingerprint density at radius 1 is 0.931 bits per heavy atom. The molecule has 0 saturated heterocycles. The van der Waals surface area contributed by atoms with Crippen LogP contribution in [0.5, 0.6) is 11.5 Å². The molecule has 1 aromatic rings. The third-order valence-electron chi connectivity index (χ3n) is 7.59. The molecule has 5 aliphatic rings. The molecular formula is C24H31NO4. The molecule has 0 atom stereocenters. The molecule has 29 heavy (non-hydrogen) atoms. The first-order valence-electron chi connectivity index (χ1n) is 11.3. The Morgan fingerprint density at radius 2 is 1.59 bits per heavy atom. The molecule has 0 spiro atoms. The van der Waals surface area contributed by atoms with E-state index in [4.69, 9.17) is 9.47 Å². The van der Waals surface area contributed by atoms with Gasteiger partial charge in [0, 0.05) is 24.9 Å². The highest BCUT2D eigenvalue weighted by atomic mass is 16.6. The number of benzene rings is 1. The number of ketones is 1. The second kappa shape index (κ2) is 7.66. The van der Waals surface area contributed by atoms with Crippen LogP contribution in [0.4, 0.5) is 0 Å². The van der Waals surface area contributed by atoms with Gasteiger partial charge in [-0.2, -0.15) is 0 Å². The van der Waals surface area contributed by atoms with Gasteiger partial charge in [-0.1, -0.05) is 0 Å². The van der Waals surface area contributed by atoms with Gasteiger partial charge in [0.25, 0.3) is 0 Å². The largest absolute Gasteiger partial charge is 0.486 e. The average molecular weight is 398 g/mol. The number of hydrogen-bond donors (Lipinski definition) is 1. The third-order valence-corrected chi connectivity index (χ3v) is 7.59. The zero-order valence-corrected chi connectivity index (χ0v) is 17.1. The molecule has 1 N–H and O–H groups in total. The molecule has 4 fully saturated rings. The highest BCUT2D eigenvalue weighted by Gasteiger charge is 2.50. The van der Waals surface area contributed by atoms with E-state index < -0.39 is 0 Å². The summed E-state index contributed by atoms with van der Waals surface area (Å²) in [5.74, 6) is 4.08. The Balaban J connectivity index is 1.07. The van der Waals surface area contributed by atoms with Crippen LogP contribution in [0, 0.1) is 23.2 Å². The van der Waals surface area contributed by atoms with E-state index in [9.17, 15) is 9.59 Å². The normalized spacial score (nSPS) is 31.5. The molecule has 4 bridgehead atoms. The quantitative estimate of drug-likeness (QED) is 0.702. The molecule has 1 heterocycles. The summed E-state index contributed by atoms with van der Waals surface area (Å²) in [4.78, 5) is 24.8. The lowest BCUT2D eigenvalue weighted by molar-refractivity contribution is -0.121. The van der Waals surface area contributed by atoms with E-state index >= 15 is 0 Å². The molecule has 4 aliphatic carbocycles. The number of hydrogen-bond acceptors (Lipinski definition) is 4. The molecule has 1 amide bonds. The van der Waals surface area contributed by atoms with E-state index in [1.807, 2.05) is 0 Å². The van der Waals surface area contributed by atoms with Gasteiger partial charge in [0.05, 0.1) is 0 Å². The number of fused-ring (bicyclic) bond motifs is 1. The van der Waals surface area contributed by atoms with Crippen molar-refractivity contribution in [2.45, 2.75) is 57.8 Å².